The predicted molar refractivity (Wildman–Crippen MR) is 84.9 cm³/mol. The Labute approximate surface area is 132 Å². The van der Waals surface area contributed by atoms with Crippen LogP contribution >= 0.6 is 24.8 Å². The maximum absolute atomic E-state index is 11.8. The number of aromatic nitrogens is 1. The van der Waals surface area contributed by atoms with Gasteiger partial charge in [-0.25, -0.2) is 0 Å². The van der Waals surface area contributed by atoms with Gasteiger partial charge in [-0.15, -0.1) is 24.8 Å². The second kappa shape index (κ2) is 13.1. The Bertz CT molecular complexity index is 353. The van der Waals surface area contributed by atoms with E-state index >= 15 is 0 Å². The largest absolute Gasteiger partial charge is 0.383 e. The van der Waals surface area contributed by atoms with Gasteiger partial charge in [-0.1, -0.05) is 6.07 Å². The average molecular weight is 324 g/mol. The Morgan fingerprint density at radius 1 is 1.35 bits per heavy atom. The van der Waals surface area contributed by atoms with Crippen molar-refractivity contribution < 1.29 is 9.53 Å². The number of carbonyl (C=O) groups excluding carboxylic acids is 1. The van der Waals surface area contributed by atoms with Crippen molar-refractivity contribution in [3.8, 4) is 0 Å². The van der Waals surface area contributed by atoms with Gasteiger partial charge in [0, 0.05) is 39.1 Å². The van der Waals surface area contributed by atoms with E-state index in [-0.39, 0.29) is 36.6 Å². The summed E-state index contributed by atoms with van der Waals surface area (Å²) in [6.07, 6.45) is 3.43. The molecule has 0 radical (unpaired) electrons. The van der Waals surface area contributed by atoms with Crippen molar-refractivity contribution >= 4 is 30.7 Å². The second-order valence-corrected chi connectivity index (χ2v) is 4.04. The molecule has 0 aliphatic carbocycles. The first-order valence-electron chi connectivity index (χ1n) is 6.13. The van der Waals surface area contributed by atoms with Crippen LogP contribution in [0.1, 0.15) is 18.4 Å². The summed E-state index contributed by atoms with van der Waals surface area (Å²) < 4.78 is 4.91. The lowest BCUT2D eigenvalue weighted by atomic mass is 10.0. The summed E-state index contributed by atoms with van der Waals surface area (Å²) in [6.45, 7) is 4.72. The molecule has 2 N–H and O–H groups in total. The second-order valence-electron chi connectivity index (χ2n) is 4.04. The van der Waals surface area contributed by atoms with Crippen LogP contribution in [0.15, 0.2) is 24.5 Å². The molecule has 0 saturated heterocycles. The van der Waals surface area contributed by atoms with Gasteiger partial charge in [0.1, 0.15) is 0 Å². The minimum atomic E-state index is -0.169. The summed E-state index contributed by atoms with van der Waals surface area (Å²) in [5.41, 5.74) is 0.933. The zero-order chi connectivity index (χ0) is 13.2. The van der Waals surface area contributed by atoms with Crippen LogP contribution in [-0.4, -0.2) is 44.2 Å². The van der Waals surface area contributed by atoms with E-state index in [4.69, 9.17) is 4.74 Å². The quantitative estimate of drug-likeness (QED) is 0.709. The smallest absolute Gasteiger partial charge is 0.227 e. The number of nitrogens with zero attached hydrogens (tertiary/aromatic N) is 1. The standard InChI is InChI=1S/C13H21N3O2.2ClH/c1-11(12-4-3-5-15-10-12)13(17)16-7-6-14-8-9-18-2;;/h3-5,10-11,14H,6-9H2,1-2H3,(H,16,17);2*1H. The van der Waals surface area contributed by atoms with E-state index in [0.717, 1.165) is 18.7 Å². The van der Waals surface area contributed by atoms with Crippen LogP contribution in [0.3, 0.4) is 0 Å². The highest BCUT2D eigenvalue weighted by molar-refractivity contribution is 5.85. The molecule has 1 heterocycles. The van der Waals surface area contributed by atoms with Crippen LogP contribution in [0.5, 0.6) is 0 Å². The van der Waals surface area contributed by atoms with E-state index in [9.17, 15) is 4.79 Å². The average Bonchev–Trinajstić information content (AvgIpc) is 2.42. The lowest BCUT2D eigenvalue weighted by Gasteiger charge is -2.12. The van der Waals surface area contributed by atoms with Crippen LogP contribution in [-0.2, 0) is 9.53 Å². The minimum absolute atomic E-state index is 0. The maximum Gasteiger partial charge on any atom is 0.227 e. The summed E-state index contributed by atoms with van der Waals surface area (Å²) in [4.78, 5) is 15.9. The molecule has 0 saturated carbocycles. The van der Waals surface area contributed by atoms with Crippen molar-refractivity contribution in [1.82, 2.24) is 15.6 Å². The molecule has 5 nitrogen and oxygen atoms in total. The molecule has 0 aliphatic heterocycles. The Morgan fingerprint density at radius 3 is 2.70 bits per heavy atom. The third kappa shape index (κ3) is 8.32. The third-order valence-electron chi connectivity index (χ3n) is 2.66. The Balaban J connectivity index is 0. The molecule has 1 unspecified atom stereocenters. The normalized spacial score (nSPS) is 10.9. The third-order valence-corrected chi connectivity index (χ3v) is 2.66. The van der Waals surface area contributed by atoms with Crippen molar-refractivity contribution in [2.75, 3.05) is 33.4 Å². The number of pyridine rings is 1. The number of hydrogen-bond acceptors (Lipinski definition) is 4. The number of hydrogen-bond donors (Lipinski definition) is 2. The van der Waals surface area contributed by atoms with Gasteiger partial charge in [-0.3, -0.25) is 9.78 Å². The van der Waals surface area contributed by atoms with E-state index in [1.54, 1.807) is 19.5 Å². The highest BCUT2D eigenvalue weighted by Gasteiger charge is 2.14. The first-order valence-corrected chi connectivity index (χ1v) is 6.13. The number of amides is 1. The summed E-state index contributed by atoms with van der Waals surface area (Å²) >= 11 is 0. The van der Waals surface area contributed by atoms with Gasteiger partial charge in [-0.2, -0.15) is 0 Å². The fraction of sp³-hybridized carbons (Fsp3) is 0.538. The van der Waals surface area contributed by atoms with Gasteiger partial charge in [0.15, 0.2) is 0 Å². The van der Waals surface area contributed by atoms with Gasteiger partial charge in [0.25, 0.3) is 0 Å². The lowest BCUT2D eigenvalue weighted by Crippen LogP contribution is -2.35. The van der Waals surface area contributed by atoms with Crippen LogP contribution in [0.2, 0.25) is 0 Å². The molecule has 0 bridgehead atoms. The molecule has 0 aromatic carbocycles. The Kier molecular flexibility index (Phi) is 14.1. The van der Waals surface area contributed by atoms with Crippen molar-refractivity contribution in [3.63, 3.8) is 0 Å². The molecule has 0 fully saturated rings. The minimum Gasteiger partial charge on any atom is -0.383 e. The first-order chi connectivity index (χ1) is 8.75. The van der Waals surface area contributed by atoms with E-state index in [1.165, 1.54) is 0 Å². The monoisotopic (exact) mass is 323 g/mol. The van der Waals surface area contributed by atoms with Crippen LogP contribution in [0.4, 0.5) is 0 Å². The van der Waals surface area contributed by atoms with Gasteiger partial charge in [0.05, 0.1) is 12.5 Å². The number of ether oxygens (including phenoxy) is 1. The molecular weight excluding hydrogens is 301 g/mol. The number of rotatable bonds is 8. The molecule has 1 aromatic rings. The van der Waals surface area contributed by atoms with Crippen LogP contribution in [0.25, 0.3) is 0 Å². The Hall–Kier alpha value is -0.880. The van der Waals surface area contributed by atoms with Crippen molar-refractivity contribution in [2.45, 2.75) is 12.8 Å². The molecule has 7 heteroatoms. The van der Waals surface area contributed by atoms with Crippen molar-refractivity contribution in [1.29, 1.82) is 0 Å². The number of nitrogens with one attached hydrogen (secondary N) is 2. The predicted octanol–water partition coefficient (Wildman–Crippen LogP) is 1.38. The highest BCUT2D eigenvalue weighted by atomic mass is 35.5. The maximum atomic E-state index is 11.8. The molecule has 20 heavy (non-hydrogen) atoms. The van der Waals surface area contributed by atoms with Gasteiger partial charge in [0.2, 0.25) is 5.91 Å². The molecule has 1 rings (SSSR count). The summed E-state index contributed by atoms with van der Waals surface area (Å²) in [5.74, 6) is -0.144. The van der Waals surface area contributed by atoms with E-state index in [1.807, 2.05) is 19.1 Å². The van der Waals surface area contributed by atoms with Crippen molar-refractivity contribution in [2.24, 2.45) is 0 Å². The molecule has 1 amide bonds. The van der Waals surface area contributed by atoms with Crippen molar-refractivity contribution in [3.05, 3.63) is 30.1 Å². The Morgan fingerprint density at radius 2 is 2.10 bits per heavy atom. The SMILES string of the molecule is COCCNCCNC(=O)C(C)c1cccnc1.Cl.Cl. The molecule has 0 spiro atoms. The van der Waals surface area contributed by atoms with Crippen LogP contribution < -0.4 is 10.6 Å². The number of methoxy groups -OCH3 is 1. The van der Waals surface area contributed by atoms with E-state index < -0.39 is 0 Å². The fourth-order valence-electron chi connectivity index (χ4n) is 1.51. The number of halogens is 2. The molecular formula is C13H23Cl2N3O2. The van der Waals surface area contributed by atoms with E-state index in [2.05, 4.69) is 15.6 Å². The summed E-state index contributed by atoms with van der Waals surface area (Å²) in [7, 11) is 1.67. The van der Waals surface area contributed by atoms with Gasteiger partial charge < -0.3 is 15.4 Å². The lowest BCUT2D eigenvalue weighted by molar-refractivity contribution is -0.122. The van der Waals surface area contributed by atoms with Crippen LogP contribution in [0, 0.1) is 0 Å². The zero-order valence-corrected chi connectivity index (χ0v) is 13.4. The van der Waals surface area contributed by atoms with E-state index in [0.29, 0.717) is 13.2 Å². The molecule has 1 aromatic heterocycles. The highest BCUT2D eigenvalue weighted by Crippen LogP contribution is 2.12. The van der Waals surface area contributed by atoms with Gasteiger partial charge >= 0.3 is 0 Å². The molecule has 1 atom stereocenters. The summed E-state index contributed by atoms with van der Waals surface area (Å²) in [6, 6.07) is 3.75. The summed E-state index contributed by atoms with van der Waals surface area (Å²) in [5, 5.41) is 6.06. The zero-order valence-electron chi connectivity index (χ0n) is 11.8. The van der Waals surface area contributed by atoms with Gasteiger partial charge in [-0.05, 0) is 18.6 Å². The fourth-order valence-corrected chi connectivity index (χ4v) is 1.51. The molecule has 116 valence electrons. The topological polar surface area (TPSA) is 63.2 Å². The molecule has 0 aliphatic rings. The number of carbonyl (C=O) groups is 1. The first kappa shape index (κ1) is 21.4.